The van der Waals surface area contributed by atoms with Crippen molar-refractivity contribution >= 4 is 11.8 Å². The first-order valence-corrected chi connectivity index (χ1v) is 9.81. The van der Waals surface area contributed by atoms with E-state index in [1.807, 2.05) is 42.2 Å². The number of hydrogen-bond acceptors (Lipinski definition) is 4. The van der Waals surface area contributed by atoms with Gasteiger partial charge < -0.3 is 14.5 Å². The molecule has 6 nitrogen and oxygen atoms in total. The highest BCUT2D eigenvalue weighted by Gasteiger charge is 2.23. The number of carbonyl (C=O) groups is 2. The maximum absolute atomic E-state index is 12.5. The molecule has 2 heterocycles. The maximum atomic E-state index is 12.5. The Balaban J connectivity index is 1.43. The highest BCUT2D eigenvalue weighted by Crippen LogP contribution is 2.16. The molecule has 0 unspecified atom stereocenters. The fourth-order valence-corrected chi connectivity index (χ4v) is 3.30. The Kier molecular flexibility index (Phi) is 7.00. The van der Waals surface area contributed by atoms with Crippen LogP contribution in [0.2, 0.25) is 0 Å². The molecule has 0 spiro atoms. The number of aromatic nitrogens is 1. The predicted octanol–water partition coefficient (Wildman–Crippen LogP) is 2.92. The number of carbonyl (C=O) groups excluding carboxylic acids is 2. The van der Waals surface area contributed by atoms with Gasteiger partial charge in [-0.3, -0.25) is 14.6 Å². The summed E-state index contributed by atoms with van der Waals surface area (Å²) in [6, 6.07) is 13.2. The highest BCUT2D eigenvalue weighted by molar-refractivity contribution is 5.92. The molecule has 0 atom stereocenters. The maximum Gasteiger partial charge on any atom is 0.272 e. The van der Waals surface area contributed by atoms with E-state index in [2.05, 4.69) is 4.98 Å². The summed E-state index contributed by atoms with van der Waals surface area (Å²) >= 11 is 0. The van der Waals surface area contributed by atoms with Gasteiger partial charge in [0, 0.05) is 38.8 Å². The third-order valence-electron chi connectivity index (χ3n) is 4.91. The van der Waals surface area contributed by atoms with Gasteiger partial charge in [-0.25, -0.2) is 0 Å². The molecule has 1 aliphatic heterocycles. The van der Waals surface area contributed by atoms with E-state index >= 15 is 0 Å². The second-order valence-electron chi connectivity index (χ2n) is 6.96. The average Bonchev–Trinajstić information content (AvgIpc) is 2.99. The number of aryl methyl sites for hydroxylation is 1. The lowest BCUT2D eigenvalue weighted by molar-refractivity contribution is -0.131. The van der Waals surface area contributed by atoms with Crippen molar-refractivity contribution in [2.45, 2.75) is 26.2 Å². The number of amides is 2. The first-order chi connectivity index (χ1) is 13.6. The summed E-state index contributed by atoms with van der Waals surface area (Å²) in [6.45, 7) is 4.97. The van der Waals surface area contributed by atoms with Gasteiger partial charge in [0.25, 0.3) is 5.91 Å². The molecular weight excluding hydrogens is 354 g/mol. The van der Waals surface area contributed by atoms with E-state index in [4.69, 9.17) is 4.74 Å². The van der Waals surface area contributed by atoms with E-state index in [0.29, 0.717) is 51.3 Å². The number of para-hydroxylation sites is 1. The van der Waals surface area contributed by atoms with Crippen molar-refractivity contribution in [3.05, 3.63) is 59.9 Å². The molecule has 1 fully saturated rings. The van der Waals surface area contributed by atoms with E-state index in [1.54, 1.807) is 23.2 Å². The molecule has 3 rings (SSSR count). The number of benzene rings is 1. The summed E-state index contributed by atoms with van der Waals surface area (Å²) < 4.78 is 5.77. The Morgan fingerprint density at radius 3 is 2.54 bits per heavy atom. The van der Waals surface area contributed by atoms with E-state index in [1.165, 1.54) is 0 Å². The van der Waals surface area contributed by atoms with E-state index in [9.17, 15) is 9.59 Å². The van der Waals surface area contributed by atoms with Gasteiger partial charge in [-0.15, -0.1) is 0 Å². The van der Waals surface area contributed by atoms with Crippen LogP contribution >= 0.6 is 0 Å². The molecule has 1 aromatic carbocycles. The predicted molar refractivity (Wildman–Crippen MR) is 107 cm³/mol. The minimum atomic E-state index is -0.0680. The molecule has 148 valence electrons. The SMILES string of the molecule is Cc1ccccc1OCCCC(=O)N1CCCN(C(=O)c2ccccn2)CC1. The standard InChI is InChI=1S/C22H27N3O3/c1-18-8-2-3-10-20(18)28-17-6-11-21(26)24-13-7-14-25(16-15-24)22(27)19-9-4-5-12-23-19/h2-5,8-10,12H,6-7,11,13-17H2,1H3. The van der Waals surface area contributed by atoms with Crippen molar-refractivity contribution in [2.24, 2.45) is 0 Å². The Labute approximate surface area is 166 Å². The van der Waals surface area contributed by atoms with Crippen molar-refractivity contribution in [1.82, 2.24) is 14.8 Å². The molecule has 2 amide bonds. The van der Waals surface area contributed by atoms with Crippen LogP contribution in [0.4, 0.5) is 0 Å². The summed E-state index contributed by atoms with van der Waals surface area (Å²) in [5.41, 5.74) is 1.55. The van der Waals surface area contributed by atoms with Crippen LogP contribution in [0.5, 0.6) is 5.75 Å². The monoisotopic (exact) mass is 381 g/mol. The molecule has 1 aliphatic rings. The van der Waals surface area contributed by atoms with Gasteiger partial charge in [0.15, 0.2) is 0 Å². The number of rotatable bonds is 6. The molecule has 0 saturated carbocycles. The molecule has 0 N–H and O–H groups in total. The normalized spacial score (nSPS) is 14.5. The van der Waals surface area contributed by atoms with Crippen molar-refractivity contribution in [3.63, 3.8) is 0 Å². The minimum Gasteiger partial charge on any atom is -0.493 e. The summed E-state index contributed by atoms with van der Waals surface area (Å²) in [5, 5.41) is 0. The molecule has 1 aromatic heterocycles. The fraction of sp³-hybridized carbons (Fsp3) is 0.409. The number of ether oxygens (including phenoxy) is 1. The largest absolute Gasteiger partial charge is 0.493 e. The average molecular weight is 381 g/mol. The van der Waals surface area contributed by atoms with Crippen LogP contribution in [0.15, 0.2) is 48.7 Å². The third kappa shape index (κ3) is 5.31. The Morgan fingerprint density at radius 2 is 1.75 bits per heavy atom. The van der Waals surface area contributed by atoms with E-state index in [0.717, 1.165) is 17.7 Å². The van der Waals surface area contributed by atoms with Gasteiger partial charge in [-0.1, -0.05) is 24.3 Å². The highest BCUT2D eigenvalue weighted by atomic mass is 16.5. The lowest BCUT2D eigenvalue weighted by Crippen LogP contribution is -2.37. The Morgan fingerprint density at radius 1 is 1.00 bits per heavy atom. The van der Waals surface area contributed by atoms with E-state index in [-0.39, 0.29) is 11.8 Å². The van der Waals surface area contributed by atoms with Crippen molar-refractivity contribution in [2.75, 3.05) is 32.8 Å². The Bertz CT molecular complexity index is 795. The van der Waals surface area contributed by atoms with Crippen molar-refractivity contribution in [1.29, 1.82) is 0 Å². The second kappa shape index (κ2) is 9.88. The lowest BCUT2D eigenvalue weighted by atomic mass is 10.2. The van der Waals surface area contributed by atoms with Crippen LogP contribution in [0.25, 0.3) is 0 Å². The molecule has 28 heavy (non-hydrogen) atoms. The van der Waals surface area contributed by atoms with Crippen LogP contribution in [0.3, 0.4) is 0 Å². The summed E-state index contributed by atoms with van der Waals surface area (Å²) in [7, 11) is 0. The quantitative estimate of drug-likeness (QED) is 0.722. The first kappa shape index (κ1) is 19.9. The zero-order valence-corrected chi connectivity index (χ0v) is 16.3. The Hall–Kier alpha value is -2.89. The van der Waals surface area contributed by atoms with E-state index < -0.39 is 0 Å². The zero-order chi connectivity index (χ0) is 19.8. The fourth-order valence-electron chi connectivity index (χ4n) is 3.30. The summed E-state index contributed by atoms with van der Waals surface area (Å²) in [4.78, 5) is 32.9. The lowest BCUT2D eigenvalue weighted by Gasteiger charge is -2.22. The van der Waals surface area contributed by atoms with Gasteiger partial charge >= 0.3 is 0 Å². The first-order valence-electron chi connectivity index (χ1n) is 9.81. The second-order valence-corrected chi connectivity index (χ2v) is 6.96. The molecule has 1 saturated heterocycles. The van der Waals surface area contributed by atoms with Gasteiger partial charge in [0.05, 0.1) is 6.61 Å². The van der Waals surface area contributed by atoms with Gasteiger partial charge in [-0.2, -0.15) is 0 Å². The van der Waals surface area contributed by atoms with Gasteiger partial charge in [-0.05, 0) is 43.5 Å². The minimum absolute atomic E-state index is 0.0680. The summed E-state index contributed by atoms with van der Waals surface area (Å²) in [6.07, 6.45) is 3.55. The van der Waals surface area contributed by atoms with Crippen molar-refractivity contribution < 1.29 is 14.3 Å². The third-order valence-corrected chi connectivity index (χ3v) is 4.91. The van der Waals surface area contributed by atoms with Crippen LogP contribution in [-0.4, -0.2) is 59.4 Å². The van der Waals surface area contributed by atoms with Crippen LogP contribution < -0.4 is 4.74 Å². The van der Waals surface area contributed by atoms with Crippen LogP contribution in [-0.2, 0) is 4.79 Å². The molecule has 0 bridgehead atoms. The molecule has 6 heteroatoms. The smallest absolute Gasteiger partial charge is 0.272 e. The number of nitrogens with zero attached hydrogens (tertiary/aromatic N) is 3. The van der Waals surface area contributed by atoms with Crippen LogP contribution in [0, 0.1) is 6.92 Å². The van der Waals surface area contributed by atoms with Gasteiger partial charge in [0.1, 0.15) is 11.4 Å². The number of hydrogen-bond donors (Lipinski definition) is 0. The molecular formula is C22H27N3O3. The van der Waals surface area contributed by atoms with Gasteiger partial charge in [0.2, 0.25) is 5.91 Å². The zero-order valence-electron chi connectivity index (χ0n) is 16.3. The summed E-state index contributed by atoms with van der Waals surface area (Å²) in [5.74, 6) is 0.926. The molecule has 0 aliphatic carbocycles. The molecule has 2 aromatic rings. The molecule has 0 radical (unpaired) electrons. The topological polar surface area (TPSA) is 62.7 Å². The van der Waals surface area contributed by atoms with Crippen molar-refractivity contribution in [3.8, 4) is 5.75 Å². The van der Waals surface area contributed by atoms with Crippen LogP contribution in [0.1, 0.15) is 35.3 Å². The number of pyridine rings is 1.